The molecule has 0 radical (unpaired) electrons. The van der Waals surface area contributed by atoms with Gasteiger partial charge in [0.1, 0.15) is 5.75 Å². The third-order valence-corrected chi connectivity index (χ3v) is 6.60. The van der Waals surface area contributed by atoms with E-state index in [4.69, 9.17) is 4.52 Å². The molecule has 140 valence electrons. The van der Waals surface area contributed by atoms with Crippen molar-refractivity contribution in [2.24, 2.45) is 0 Å². The van der Waals surface area contributed by atoms with Gasteiger partial charge in [-0.1, -0.05) is 55.3 Å². The minimum atomic E-state index is -3.20. The predicted molar refractivity (Wildman–Crippen MR) is 108 cm³/mol. The van der Waals surface area contributed by atoms with Gasteiger partial charge in [0.2, 0.25) is 0 Å². The van der Waals surface area contributed by atoms with Gasteiger partial charge in [-0.05, 0) is 39.8 Å². The summed E-state index contributed by atoms with van der Waals surface area (Å²) in [5.74, 6) is 0.636. The molecule has 0 unspecified atom stereocenters. The summed E-state index contributed by atoms with van der Waals surface area (Å²) < 4.78 is 24.0. The number of nitrogens with zero attached hydrogens (tertiary/aromatic N) is 2. The second-order valence-corrected chi connectivity index (χ2v) is 8.76. The molecule has 1 aromatic rings. The number of para-hydroxylation sites is 1. The van der Waals surface area contributed by atoms with Gasteiger partial charge in [0, 0.05) is 26.2 Å². The van der Waals surface area contributed by atoms with Crippen molar-refractivity contribution >= 4 is 7.67 Å². The third-order valence-electron chi connectivity index (χ3n) is 3.83. The van der Waals surface area contributed by atoms with Crippen molar-refractivity contribution in [2.45, 2.75) is 41.5 Å². The first-order valence-corrected chi connectivity index (χ1v) is 10.5. The monoisotopic (exact) mass is 364 g/mol. The molecule has 0 aromatic heterocycles. The maximum Gasteiger partial charge on any atom is 0.396 e. The Bertz CT molecular complexity index is 586. The Kier molecular flexibility index (Phi) is 9.20. The fraction of sp³-hybridized carbons (Fsp3) is 0.500. The zero-order valence-electron chi connectivity index (χ0n) is 16.5. The normalized spacial score (nSPS) is 11.5. The van der Waals surface area contributed by atoms with E-state index in [0.717, 1.165) is 0 Å². The van der Waals surface area contributed by atoms with Crippen LogP contribution in [-0.4, -0.2) is 35.5 Å². The first-order valence-electron chi connectivity index (χ1n) is 8.95. The average molecular weight is 364 g/mol. The Labute approximate surface area is 153 Å². The van der Waals surface area contributed by atoms with E-state index < -0.39 is 7.67 Å². The lowest BCUT2D eigenvalue weighted by Gasteiger charge is -2.36. The molecule has 0 bridgehead atoms. The van der Waals surface area contributed by atoms with Crippen molar-refractivity contribution in [1.29, 1.82) is 0 Å². The van der Waals surface area contributed by atoms with Gasteiger partial charge in [0.05, 0.1) is 0 Å². The Hall–Kier alpha value is -1.35. The van der Waals surface area contributed by atoms with Gasteiger partial charge in [-0.2, -0.15) is 0 Å². The summed E-state index contributed by atoms with van der Waals surface area (Å²) in [7, 11) is -3.20. The SMILES string of the molecule is CCN(CC=C(C)C)P(=O)(Oc1ccccc1)N(CC)CC=C(C)C. The summed E-state index contributed by atoms with van der Waals surface area (Å²) in [6.07, 6.45) is 4.19. The molecule has 0 aliphatic heterocycles. The van der Waals surface area contributed by atoms with E-state index >= 15 is 0 Å². The van der Waals surface area contributed by atoms with Crippen molar-refractivity contribution in [3.63, 3.8) is 0 Å². The van der Waals surface area contributed by atoms with Crippen LogP contribution < -0.4 is 4.52 Å². The summed E-state index contributed by atoms with van der Waals surface area (Å²) in [5.41, 5.74) is 2.41. The number of benzene rings is 1. The Morgan fingerprint density at radius 2 is 1.36 bits per heavy atom. The molecule has 0 N–H and O–H groups in total. The van der Waals surface area contributed by atoms with Gasteiger partial charge in [0.15, 0.2) is 0 Å². The summed E-state index contributed by atoms with van der Waals surface area (Å²) in [6.45, 7) is 14.8. The number of hydrogen-bond acceptors (Lipinski definition) is 2. The molecular weight excluding hydrogens is 331 g/mol. The second-order valence-electron chi connectivity index (χ2n) is 6.47. The minimum Gasteiger partial charge on any atom is -0.422 e. The van der Waals surface area contributed by atoms with Crippen molar-refractivity contribution in [3.05, 3.63) is 53.6 Å². The number of allylic oxidation sites excluding steroid dienone is 2. The van der Waals surface area contributed by atoms with E-state index in [1.165, 1.54) is 11.1 Å². The fourth-order valence-corrected chi connectivity index (χ4v) is 4.59. The van der Waals surface area contributed by atoms with Crippen LogP contribution in [0.25, 0.3) is 0 Å². The van der Waals surface area contributed by atoms with Crippen molar-refractivity contribution < 1.29 is 9.09 Å². The van der Waals surface area contributed by atoms with E-state index in [2.05, 4.69) is 39.8 Å². The standard InChI is InChI=1S/C20H33N2O2P/c1-7-21(16-14-18(3)4)25(23,22(8-2)17-15-19(5)6)24-20-12-10-9-11-13-20/h9-15H,7-8,16-17H2,1-6H3. The molecule has 0 amide bonds. The maximum absolute atomic E-state index is 14.0. The third kappa shape index (κ3) is 6.81. The van der Waals surface area contributed by atoms with E-state index in [1.54, 1.807) is 0 Å². The van der Waals surface area contributed by atoms with Crippen molar-refractivity contribution in [1.82, 2.24) is 9.34 Å². The van der Waals surface area contributed by atoms with Crippen LogP contribution in [0.2, 0.25) is 0 Å². The smallest absolute Gasteiger partial charge is 0.396 e. The Morgan fingerprint density at radius 3 is 1.72 bits per heavy atom. The maximum atomic E-state index is 14.0. The molecule has 25 heavy (non-hydrogen) atoms. The van der Waals surface area contributed by atoms with Crippen molar-refractivity contribution in [3.8, 4) is 5.75 Å². The second kappa shape index (κ2) is 10.6. The summed E-state index contributed by atoms with van der Waals surface area (Å²) in [6, 6.07) is 9.45. The summed E-state index contributed by atoms with van der Waals surface area (Å²) in [4.78, 5) is 0. The van der Waals surface area contributed by atoms with Crippen LogP contribution in [0, 0.1) is 0 Å². The number of likely N-dealkylation sites (N-methyl/N-ethyl adjacent to an activating group) is 2. The van der Waals surface area contributed by atoms with E-state index in [1.807, 2.05) is 53.5 Å². The molecular formula is C20H33N2O2P. The van der Waals surface area contributed by atoms with Crippen LogP contribution in [0.15, 0.2) is 53.6 Å². The molecule has 5 heteroatoms. The fourth-order valence-electron chi connectivity index (χ4n) is 2.31. The molecule has 0 spiro atoms. The Morgan fingerprint density at radius 1 is 0.920 bits per heavy atom. The quantitative estimate of drug-likeness (QED) is 0.391. The van der Waals surface area contributed by atoms with Crippen LogP contribution in [0.3, 0.4) is 0 Å². The lowest BCUT2D eigenvalue weighted by molar-refractivity contribution is 0.302. The first-order chi connectivity index (χ1) is 11.8. The largest absolute Gasteiger partial charge is 0.422 e. The van der Waals surface area contributed by atoms with Crippen LogP contribution in [0.5, 0.6) is 5.75 Å². The van der Waals surface area contributed by atoms with Gasteiger partial charge >= 0.3 is 7.67 Å². The highest BCUT2D eigenvalue weighted by Crippen LogP contribution is 2.53. The molecule has 1 rings (SSSR count). The van der Waals surface area contributed by atoms with Gasteiger partial charge in [0.25, 0.3) is 0 Å². The zero-order valence-corrected chi connectivity index (χ0v) is 17.4. The highest BCUT2D eigenvalue weighted by Gasteiger charge is 2.37. The van der Waals surface area contributed by atoms with E-state index in [-0.39, 0.29) is 0 Å². The highest BCUT2D eigenvalue weighted by molar-refractivity contribution is 7.54. The van der Waals surface area contributed by atoms with Crippen LogP contribution in [0.4, 0.5) is 0 Å². The zero-order chi connectivity index (χ0) is 18.9. The molecule has 1 aromatic carbocycles. The molecule has 0 saturated heterocycles. The van der Waals surface area contributed by atoms with Crippen LogP contribution >= 0.6 is 7.67 Å². The topological polar surface area (TPSA) is 32.8 Å². The average Bonchev–Trinajstić information content (AvgIpc) is 2.56. The molecule has 0 aliphatic rings. The lowest BCUT2D eigenvalue weighted by atomic mass is 10.3. The van der Waals surface area contributed by atoms with Gasteiger partial charge in [-0.25, -0.2) is 13.9 Å². The highest BCUT2D eigenvalue weighted by atomic mass is 31.2. The van der Waals surface area contributed by atoms with Crippen LogP contribution in [0.1, 0.15) is 41.5 Å². The molecule has 0 fully saturated rings. The van der Waals surface area contributed by atoms with E-state index in [0.29, 0.717) is 31.9 Å². The molecule has 0 heterocycles. The molecule has 4 nitrogen and oxygen atoms in total. The molecule has 0 saturated carbocycles. The minimum absolute atomic E-state index is 0.605. The Balaban J connectivity index is 3.24. The number of rotatable bonds is 10. The molecule has 0 aliphatic carbocycles. The summed E-state index contributed by atoms with van der Waals surface area (Å²) in [5, 5.41) is 0. The molecule has 0 atom stereocenters. The number of hydrogen-bond donors (Lipinski definition) is 0. The summed E-state index contributed by atoms with van der Waals surface area (Å²) >= 11 is 0. The lowest BCUT2D eigenvalue weighted by Crippen LogP contribution is -2.35. The van der Waals surface area contributed by atoms with Gasteiger partial charge in [-0.3, -0.25) is 0 Å². The van der Waals surface area contributed by atoms with Gasteiger partial charge in [-0.15, -0.1) is 0 Å². The van der Waals surface area contributed by atoms with Gasteiger partial charge < -0.3 is 4.52 Å². The predicted octanol–water partition coefficient (Wildman–Crippen LogP) is 5.75. The first kappa shape index (κ1) is 21.7. The van der Waals surface area contributed by atoms with E-state index in [9.17, 15) is 4.57 Å². The van der Waals surface area contributed by atoms with Crippen LogP contribution in [-0.2, 0) is 4.57 Å². The van der Waals surface area contributed by atoms with Crippen molar-refractivity contribution in [2.75, 3.05) is 26.2 Å².